The van der Waals surface area contributed by atoms with Gasteiger partial charge >= 0.3 is 0 Å². The topological polar surface area (TPSA) is 66.3 Å². The molecule has 2 heterocycles. The lowest BCUT2D eigenvalue weighted by atomic mass is 10.00. The summed E-state index contributed by atoms with van der Waals surface area (Å²) in [6.07, 6.45) is 4.89. The first-order valence-corrected chi connectivity index (χ1v) is 8.24. The van der Waals surface area contributed by atoms with Gasteiger partial charge in [-0.1, -0.05) is 23.4 Å². The summed E-state index contributed by atoms with van der Waals surface area (Å²) < 4.78 is 0. The van der Waals surface area contributed by atoms with Crippen LogP contribution in [0.1, 0.15) is 23.3 Å². The van der Waals surface area contributed by atoms with E-state index in [1.165, 1.54) is 18.0 Å². The van der Waals surface area contributed by atoms with E-state index in [9.17, 15) is 9.90 Å². The molecule has 1 saturated heterocycles. The van der Waals surface area contributed by atoms with Crippen LogP contribution in [0, 0.1) is 11.8 Å². The molecule has 5 nitrogen and oxygen atoms in total. The van der Waals surface area contributed by atoms with Crippen LogP contribution in [0.4, 0.5) is 0 Å². The average molecular weight is 314 g/mol. The molecular weight excluding hydrogens is 298 g/mol. The number of halogens is 1. The van der Waals surface area contributed by atoms with Crippen molar-refractivity contribution in [2.75, 3.05) is 19.3 Å². The standard InChI is InChI=1S/C13H16ClN3O2S/c1-20-13-15-4-9(14)11(16-13)12(19)17-5-7-2-3-10(18)8(7)6-17/h4,7-8,10,18H,2-3,5-6H2,1H3. The number of hydrogen-bond donors (Lipinski definition) is 1. The third-order valence-corrected chi connectivity index (χ3v) is 5.05. The van der Waals surface area contributed by atoms with Crippen molar-refractivity contribution in [3.63, 3.8) is 0 Å². The molecule has 0 bridgehead atoms. The van der Waals surface area contributed by atoms with Crippen molar-refractivity contribution in [3.8, 4) is 0 Å². The highest BCUT2D eigenvalue weighted by Crippen LogP contribution is 2.38. The van der Waals surface area contributed by atoms with E-state index < -0.39 is 0 Å². The van der Waals surface area contributed by atoms with E-state index in [0.29, 0.717) is 24.2 Å². The van der Waals surface area contributed by atoms with Crippen LogP contribution < -0.4 is 0 Å². The smallest absolute Gasteiger partial charge is 0.274 e. The molecule has 3 rings (SSSR count). The second kappa shape index (κ2) is 5.50. The number of nitrogens with zero attached hydrogens (tertiary/aromatic N) is 3. The number of hydrogen-bond acceptors (Lipinski definition) is 5. The molecule has 1 aliphatic carbocycles. The Hall–Kier alpha value is -0.850. The van der Waals surface area contributed by atoms with Crippen molar-refractivity contribution in [1.82, 2.24) is 14.9 Å². The van der Waals surface area contributed by atoms with E-state index in [0.717, 1.165) is 12.8 Å². The maximum Gasteiger partial charge on any atom is 0.274 e. The number of aliphatic hydroxyl groups excluding tert-OH is 1. The Kier molecular flexibility index (Phi) is 3.88. The van der Waals surface area contributed by atoms with E-state index in [2.05, 4.69) is 9.97 Å². The molecule has 1 N–H and O–H groups in total. The van der Waals surface area contributed by atoms with Crippen LogP contribution in [0.5, 0.6) is 0 Å². The van der Waals surface area contributed by atoms with Crippen LogP contribution >= 0.6 is 23.4 Å². The number of likely N-dealkylation sites (tertiary alicyclic amines) is 1. The van der Waals surface area contributed by atoms with E-state index >= 15 is 0 Å². The Morgan fingerprint density at radius 2 is 2.30 bits per heavy atom. The van der Waals surface area contributed by atoms with Crippen LogP contribution in [0.25, 0.3) is 0 Å². The maximum absolute atomic E-state index is 12.5. The van der Waals surface area contributed by atoms with Crippen molar-refractivity contribution in [3.05, 3.63) is 16.9 Å². The quantitative estimate of drug-likeness (QED) is 0.665. The Morgan fingerprint density at radius 3 is 3.00 bits per heavy atom. The molecule has 1 aromatic heterocycles. The first-order chi connectivity index (χ1) is 9.60. The second-order valence-electron chi connectivity index (χ2n) is 5.33. The Bertz CT molecular complexity index is 542. The normalized spacial score (nSPS) is 28.8. The summed E-state index contributed by atoms with van der Waals surface area (Å²) in [5.74, 6) is 0.462. The maximum atomic E-state index is 12.5. The summed E-state index contributed by atoms with van der Waals surface area (Å²) in [6.45, 7) is 1.29. The number of aromatic nitrogens is 2. The van der Waals surface area contributed by atoms with Gasteiger partial charge in [-0.15, -0.1) is 0 Å². The highest BCUT2D eigenvalue weighted by molar-refractivity contribution is 7.98. The van der Waals surface area contributed by atoms with Gasteiger partial charge in [0.2, 0.25) is 0 Å². The zero-order valence-corrected chi connectivity index (χ0v) is 12.7. The molecule has 1 aliphatic heterocycles. The summed E-state index contributed by atoms with van der Waals surface area (Å²) in [6, 6.07) is 0. The lowest BCUT2D eigenvalue weighted by molar-refractivity contribution is 0.0746. The number of aliphatic hydroxyl groups is 1. The van der Waals surface area contributed by atoms with E-state index in [1.54, 1.807) is 4.90 Å². The van der Waals surface area contributed by atoms with E-state index in [4.69, 9.17) is 11.6 Å². The highest BCUT2D eigenvalue weighted by atomic mass is 35.5. The fourth-order valence-electron chi connectivity index (χ4n) is 3.15. The minimum atomic E-state index is -0.277. The molecule has 1 amide bonds. The summed E-state index contributed by atoms with van der Waals surface area (Å²) in [4.78, 5) is 22.6. The SMILES string of the molecule is CSc1ncc(Cl)c(C(=O)N2CC3CCC(O)C3C2)n1. The van der Waals surface area contributed by atoms with Crippen LogP contribution in [0.3, 0.4) is 0 Å². The number of carbonyl (C=O) groups is 1. The predicted molar refractivity (Wildman–Crippen MR) is 76.9 cm³/mol. The zero-order valence-electron chi connectivity index (χ0n) is 11.1. The molecule has 20 heavy (non-hydrogen) atoms. The van der Waals surface area contributed by atoms with Crippen LogP contribution in [0.15, 0.2) is 11.4 Å². The highest BCUT2D eigenvalue weighted by Gasteiger charge is 2.43. The monoisotopic (exact) mass is 313 g/mol. The number of rotatable bonds is 2. The van der Waals surface area contributed by atoms with Gasteiger partial charge in [-0.2, -0.15) is 0 Å². The third kappa shape index (κ3) is 2.40. The minimum Gasteiger partial charge on any atom is -0.393 e. The zero-order chi connectivity index (χ0) is 14.3. The summed E-state index contributed by atoms with van der Waals surface area (Å²) in [7, 11) is 0. The molecule has 2 aliphatic rings. The van der Waals surface area contributed by atoms with Crippen molar-refractivity contribution in [2.24, 2.45) is 11.8 Å². The van der Waals surface area contributed by atoms with Crippen molar-refractivity contribution in [2.45, 2.75) is 24.1 Å². The van der Waals surface area contributed by atoms with Crippen LogP contribution in [-0.4, -0.2) is 51.3 Å². The molecule has 1 aromatic rings. The lowest BCUT2D eigenvalue weighted by Gasteiger charge is -2.18. The van der Waals surface area contributed by atoms with Crippen LogP contribution in [0.2, 0.25) is 5.02 Å². The molecule has 0 spiro atoms. The molecule has 108 valence electrons. The molecule has 3 atom stereocenters. The largest absolute Gasteiger partial charge is 0.393 e. The van der Waals surface area contributed by atoms with Gasteiger partial charge in [0.1, 0.15) is 0 Å². The van der Waals surface area contributed by atoms with Gasteiger partial charge in [0.15, 0.2) is 10.9 Å². The molecule has 0 radical (unpaired) electrons. The van der Waals surface area contributed by atoms with Crippen molar-refractivity contribution in [1.29, 1.82) is 0 Å². The molecule has 0 aromatic carbocycles. The second-order valence-corrected chi connectivity index (χ2v) is 6.51. The fourth-order valence-corrected chi connectivity index (χ4v) is 3.66. The molecule has 1 saturated carbocycles. The van der Waals surface area contributed by atoms with Gasteiger partial charge in [-0.3, -0.25) is 4.79 Å². The van der Waals surface area contributed by atoms with Gasteiger partial charge in [-0.05, 0) is 25.0 Å². The van der Waals surface area contributed by atoms with Gasteiger partial charge < -0.3 is 10.0 Å². The average Bonchev–Trinajstić information content (AvgIpc) is 3.01. The first kappa shape index (κ1) is 14.1. The Labute approximate surface area is 126 Å². The lowest BCUT2D eigenvalue weighted by Crippen LogP contribution is -2.32. The van der Waals surface area contributed by atoms with Gasteiger partial charge in [0.25, 0.3) is 5.91 Å². The molecular formula is C13H16ClN3O2S. The first-order valence-electron chi connectivity index (χ1n) is 6.64. The van der Waals surface area contributed by atoms with Crippen molar-refractivity contribution < 1.29 is 9.90 Å². The summed E-state index contributed by atoms with van der Waals surface area (Å²) in [5.41, 5.74) is 0.264. The number of carbonyl (C=O) groups excluding carboxylic acids is 1. The predicted octanol–water partition coefficient (Wildman–Crippen LogP) is 1.69. The Morgan fingerprint density at radius 1 is 1.50 bits per heavy atom. The number of thioether (sulfide) groups is 1. The van der Waals surface area contributed by atoms with Gasteiger partial charge in [0.05, 0.1) is 17.3 Å². The molecule has 7 heteroatoms. The van der Waals surface area contributed by atoms with Crippen LogP contribution in [-0.2, 0) is 0 Å². The Balaban J connectivity index is 1.80. The number of fused-ring (bicyclic) bond motifs is 1. The molecule has 3 unspecified atom stereocenters. The van der Waals surface area contributed by atoms with E-state index in [-0.39, 0.29) is 28.6 Å². The summed E-state index contributed by atoms with van der Waals surface area (Å²) >= 11 is 7.42. The summed E-state index contributed by atoms with van der Waals surface area (Å²) in [5, 5.41) is 10.7. The molecule has 2 fully saturated rings. The minimum absolute atomic E-state index is 0.158. The van der Waals surface area contributed by atoms with Gasteiger partial charge in [0, 0.05) is 19.0 Å². The van der Waals surface area contributed by atoms with Gasteiger partial charge in [-0.25, -0.2) is 9.97 Å². The number of amides is 1. The van der Waals surface area contributed by atoms with E-state index in [1.807, 2.05) is 6.26 Å². The van der Waals surface area contributed by atoms with Crippen molar-refractivity contribution >= 4 is 29.3 Å². The fraction of sp³-hybridized carbons (Fsp3) is 0.615. The third-order valence-electron chi connectivity index (χ3n) is 4.21.